The van der Waals surface area contributed by atoms with Crippen LogP contribution in [0.25, 0.3) is 11.0 Å². The van der Waals surface area contributed by atoms with Crippen molar-refractivity contribution in [3.8, 4) is 11.8 Å². The van der Waals surface area contributed by atoms with Crippen LogP contribution in [0.3, 0.4) is 0 Å². The predicted molar refractivity (Wildman–Crippen MR) is 135 cm³/mol. The van der Waals surface area contributed by atoms with Crippen LogP contribution in [0.1, 0.15) is 10.6 Å². The van der Waals surface area contributed by atoms with Gasteiger partial charge in [-0.2, -0.15) is 0 Å². The van der Waals surface area contributed by atoms with E-state index in [1.54, 1.807) is 11.1 Å². The lowest BCUT2D eigenvalue weighted by molar-refractivity contribution is 0.0151. The maximum Gasteiger partial charge on any atom is 0.289 e. The molecule has 2 fully saturated rings. The number of ether oxygens (including phenoxy) is 2. The first kappa shape index (κ1) is 25.8. The number of imidazole rings is 1. The average molecular weight is 552 g/mol. The Morgan fingerprint density at radius 2 is 1.47 bits per heavy atom. The van der Waals surface area contributed by atoms with Gasteiger partial charge in [-0.1, -0.05) is 35.3 Å². The lowest BCUT2D eigenvalue weighted by atomic mass is 10.1. The van der Waals surface area contributed by atoms with Gasteiger partial charge in [-0.3, -0.25) is 4.79 Å². The number of H-pyrrole nitrogens is 1. The van der Waals surface area contributed by atoms with Crippen molar-refractivity contribution >= 4 is 52.5 Å². The van der Waals surface area contributed by atoms with Crippen molar-refractivity contribution in [1.82, 2.24) is 40.1 Å². The highest BCUT2D eigenvalue weighted by molar-refractivity contribution is 6.30. The minimum Gasteiger partial charge on any atom is -0.469 e. The maximum absolute atomic E-state index is 12.4. The summed E-state index contributed by atoms with van der Waals surface area (Å²) < 4.78 is 11.0. The zero-order valence-corrected chi connectivity index (χ0v) is 21.0. The van der Waals surface area contributed by atoms with Crippen LogP contribution in [-0.2, 0) is 0 Å². The van der Waals surface area contributed by atoms with Gasteiger partial charge in [0.1, 0.15) is 12.2 Å². The molecule has 3 aromatic heterocycles. The number of carbonyl (C=O) groups is 1. The number of nitrogens with zero attached hydrogens (tertiary/aromatic N) is 6. The number of para-hydroxylation sites is 2. The number of likely N-dealkylation sites (tertiary alicyclic amines) is 1. The van der Waals surface area contributed by atoms with Gasteiger partial charge in [0.2, 0.25) is 0 Å². The number of carbonyl (C=O) groups excluding carboxylic acids is 1. The van der Waals surface area contributed by atoms with Gasteiger partial charge in [-0.25, -0.2) is 24.9 Å². The molecule has 2 N–H and O–H groups in total. The molecular weight excluding hydrogens is 531 g/mol. The van der Waals surface area contributed by atoms with E-state index in [0.717, 1.165) is 24.1 Å². The third-order valence-corrected chi connectivity index (χ3v) is 5.79. The van der Waals surface area contributed by atoms with E-state index < -0.39 is 0 Å². The van der Waals surface area contributed by atoms with E-state index in [2.05, 4.69) is 35.2 Å². The van der Waals surface area contributed by atoms with Crippen LogP contribution in [0, 0.1) is 0 Å². The first-order valence-corrected chi connectivity index (χ1v) is 11.5. The quantitative estimate of drug-likeness (QED) is 0.384. The van der Waals surface area contributed by atoms with Crippen molar-refractivity contribution in [3.63, 3.8) is 0 Å². The van der Waals surface area contributed by atoms with Crippen molar-refractivity contribution < 1.29 is 14.3 Å². The molecule has 6 rings (SSSR count). The number of rotatable bonds is 5. The second-order valence-electron chi connectivity index (χ2n) is 7.76. The standard InChI is InChI=1S/C15H12ClN5O2.C7H8ClN3O.ClH/c16-12-14(18-6-5-17-12)23-9-7-21(8-9)15(22)13-19-10-3-1-2-4-11(10)20-13;8-6-7(11-2-1-10-6)12-5-3-9-4-5;/h1-6,9H,7-8H2,(H,19,20);1-2,5,9H,3-4H2;1H. The molecule has 188 valence electrons. The molecule has 0 bridgehead atoms. The second-order valence-corrected chi connectivity index (χ2v) is 8.47. The van der Waals surface area contributed by atoms with E-state index in [4.69, 9.17) is 32.7 Å². The van der Waals surface area contributed by atoms with Crippen molar-refractivity contribution in [3.05, 3.63) is 65.2 Å². The number of aromatic nitrogens is 6. The largest absolute Gasteiger partial charge is 0.469 e. The summed E-state index contributed by atoms with van der Waals surface area (Å²) in [4.78, 5) is 37.1. The Bertz CT molecular complexity index is 1300. The van der Waals surface area contributed by atoms with E-state index in [1.165, 1.54) is 18.6 Å². The fraction of sp³-hybridized carbons (Fsp3) is 0.273. The van der Waals surface area contributed by atoms with Crippen molar-refractivity contribution in [1.29, 1.82) is 0 Å². The number of benzene rings is 1. The molecule has 0 spiro atoms. The molecule has 1 amide bonds. The first-order valence-electron chi connectivity index (χ1n) is 10.8. The van der Waals surface area contributed by atoms with Crippen molar-refractivity contribution in [2.45, 2.75) is 12.2 Å². The second kappa shape index (κ2) is 11.7. The molecule has 2 saturated heterocycles. The van der Waals surface area contributed by atoms with Gasteiger partial charge in [0.15, 0.2) is 16.1 Å². The van der Waals surface area contributed by atoms with Gasteiger partial charge in [0, 0.05) is 37.9 Å². The molecule has 0 atom stereocenters. The number of amides is 1. The highest BCUT2D eigenvalue weighted by atomic mass is 35.5. The smallest absolute Gasteiger partial charge is 0.289 e. The van der Waals surface area contributed by atoms with E-state index in [1.807, 2.05) is 24.3 Å². The number of hydrogen-bond donors (Lipinski definition) is 2. The van der Waals surface area contributed by atoms with Crippen molar-refractivity contribution in [2.75, 3.05) is 26.2 Å². The Kier molecular flexibility index (Phi) is 8.36. The van der Waals surface area contributed by atoms with Crippen LogP contribution in [0.15, 0.2) is 49.1 Å². The SMILES string of the molecule is Cl.Clc1nccnc1OC1CNC1.O=C(c1nc2ccccc2[nH]1)N1CC(Oc2nccnc2Cl)C1. The summed E-state index contributed by atoms with van der Waals surface area (Å²) in [6.07, 6.45) is 6.16. The predicted octanol–water partition coefficient (Wildman–Crippen LogP) is 2.81. The summed E-state index contributed by atoms with van der Waals surface area (Å²) in [6.45, 7) is 2.63. The lowest BCUT2D eigenvalue weighted by Crippen LogP contribution is -2.56. The molecule has 2 aliphatic rings. The molecule has 0 radical (unpaired) electrons. The van der Waals surface area contributed by atoms with Crippen LogP contribution in [-0.4, -0.2) is 79.1 Å². The molecule has 36 heavy (non-hydrogen) atoms. The number of aromatic amines is 1. The highest BCUT2D eigenvalue weighted by Crippen LogP contribution is 2.23. The Morgan fingerprint density at radius 1 is 0.889 bits per heavy atom. The summed E-state index contributed by atoms with van der Waals surface area (Å²) in [6, 6.07) is 7.53. The zero-order chi connectivity index (χ0) is 24.2. The van der Waals surface area contributed by atoms with Gasteiger partial charge in [0.05, 0.1) is 24.1 Å². The topological polar surface area (TPSA) is 131 Å². The fourth-order valence-corrected chi connectivity index (χ4v) is 3.62. The van der Waals surface area contributed by atoms with Gasteiger partial charge in [-0.05, 0) is 12.1 Å². The normalized spacial score (nSPS) is 15.1. The number of hydrogen-bond acceptors (Lipinski definition) is 9. The monoisotopic (exact) mass is 550 g/mol. The lowest BCUT2D eigenvalue weighted by Gasteiger charge is -2.38. The van der Waals surface area contributed by atoms with Gasteiger partial charge in [-0.15, -0.1) is 12.4 Å². The summed E-state index contributed by atoms with van der Waals surface area (Å²) in [5, 5.41) is 3.63. The minimum absolute atomic E-state index is 0. The molecule has 11 nitrogen and oxygen atoms in total. The summed E-state index contributed by atoms with van der Waals surface area (Å²) >= 11 is 11.6. The van der Waals surface area contributed by atoms with Crippen LogP contribution in [0.5, 0.6) is 11.8 Å². The average Bonchev–Trinajstić information content (AvgIpc) is 3.25. The van der Waals surface area contributed by atoms with Gasteiger partial charge in [0.25, 0.3) is 17.7 Å². The first-order chi connectivity index (χ1) is 17.1. The summed E-state index contributed by atoms with van der Waals surface area (Å²) in [5.74, 6) is 0.897. The van der Waals surface area contributed by atoms with E-state index in [-0.39, 0.29) is 41.6 Å². The molecule has 4 aromatic rings. The van der Waals surface area contributed by atoms with Crippen LogP contribution < -0.4 is 14.8 Å². The molecule has 14 heteroatoms. The Hall–Kier alpha value is -3.25. The number of nitrogens with one attached hydrogen (secondary N) is 2. The molecule has 5 heterocycles. The summed E-state index contributed by atoms with van der Waals surface area (Å²) in [7, 11) is 0. The fourth-order valence-electron chi connectivity index (χ4n) is 3.32. The molecule has 0 unspecified atom stereocenters. The van der Waals surface area contributed by atoms with Crippen LogP contribution >= 0.6 is 35.6 Å². The van der Waals surface area contributed by atoms with Crippen LogP contribution in [0.2, 0.25) is 10.3 Å². The Labute approximate surface area is 222 Å². The molecular formula is C22H21Cl3N8O3. The molecule has 0 aliphatic carbocycles. The summed E-state index contributed by atoms with van der Waals surface area (Å²) in [5.41, 5.74) is 1.62. The van der Waals surface area contributed by atoms with Crippen LogP contribution in [0.4, 0.5) is 0 Å². The molecule has 1 aromatic carbocycles. The van der Waals surface area contributed by atoms with Gasteiger partial charge < -0.3 is 24.7 Å². The molecule has 2 aliphatic heterocycles. The molecule has 0 saturated carbocycles. The third kappa shape index (κ3) is 5.93. The van der Waals surface area contributed by atoms with E-state index >= 15 is 0 Å². The van der Waals surface area contributed by atoms with Gasteiger partial charge >= 0.3 is 0 Å². The minimum atomic E-state index is -0.147. The number of fused-ring (bicyclic) bond motifs is 1. The van der Waals surface area contributed by atoms with E-state index in [9.17, 15) is 4.79 Å². The van der Waals surface area contributed by atoms with Crippen molar-refractivity contribution in [2.24, 2.45) is 0 Å². The number of halogens is 3. The Balaban J connectivity index is 0.000000198. The zero-order valence-electron chi connectivity index (χ0n) is 18.7. The van der Waals surface area contributed by atoms with E-state index in [0.29, 0.717) is 29.9 Å². The maximum atomic E-state index is 12.4. The highest BCUT2D eigenvalue weighted by Gasteiger charge is 2.34. The third-order valence-electron chi connectivity index (χ3n) is 5.27. The Morgan fingerprint density at radius 3 is 2.03 bits per heavy atom.